The van der Waals surface area contributed by atoms with Crippen molar-refractivity contribution in [3.63, 3.8) is 0 Å². The number of nitrogens with zero attached hydrogens (tertiary/aromatic N) is 3. The van der Waals surface area contributed by atoms with E-state index < -0.39 is 0 Å². The molecule has 0 radical (unpaired) electrons. The lowest BCUT2D eigenvalue weighted by Gasteiger charge is -2.08. The zero-order valence-corrected chi connectivity index (χ0v) is 12.2. The Morgan fingerprint density at radius 3 is 2.09 bits per heavy atom. The molecule has 0 fully saturated rings. The van der Waals surface area contributed by atoms with Gasteiger partial charge in [-0.25, -0.2) is 14.4 Å². The van der Waals surface area contributed by atoms with E-state index in [-0.39, 0.29) is 5.69 Å². The smallest absolute Gasteiger partial charge is 0.211 e. The van der Waals surface area contributed by atoms with Crippen LogP contribution in [-0.2, 0) is 20.8 Å². The van der Waals surface area contributed by atoms with Crippen LogP contribution in [0.3, 0.4) is 0 Å². The highest BCUT2D eigenvalue weighted by molar-refractivity contribution is 5.72. The summed E-state index contributed by atoms with van der Waals surface area (Å²) in [5.74, 6) is 0. The Labute approximate surface area is 131 Å². The van der Waals surface area contributed by atoms with E-state index in [1.54, 1.807) is 25.1 Å². The summed E-state index contributed by atoms with van der Waals surface area (Å²) >= 11 is 0. The molecule has 23 heavy (non-hydrogen) atoms. The molecule has 0 N–H and O–H groups in total. The van der Waals surface area contributed by atoms with Crippen LogP contribution < -0.4 is 0 Å². The zero-order chi connectivity index (χ0) is 16.7. The van der Waals surface area contributed by atoms with Crippen LogP contribution in [0.4, 0.5) is 17.1 Å². The summed E-state index contributed by atoms with van der Waals surface area (Å²) in [6.07, 6.45) is 4.98. The van der Waals surface area contributed by atoms with E-state index >= 15 is 0 Å². The van der Waals surface area contributed by atoms with Gasteiger partial charge in [-0.2, -0.15) is 15.0 Å². The molecule has 2 aromatic carbocycles. The van der Waals surface area contributed by atoms with Crippen LogP contribution in [0.25, 0.3) is 0 Å². The maximum Gasteiger partial charge on any atom is 0.240 e. The summed E-state index contributed by atoms with van der Waals surface area (Å²) in [6.45, 7) is 1.77. The average Bonchev–Trinajstić information content (AvgIpc) is 2.53. The van der Waals surface area contributed by atoms with Gasteiger partial charge in [0.15, 0.2) is 0 Å². The van der Waals surface area contributed by atoms with E-state index in [0.717, 1.165) is 11.1 Å². The van der Waals surface area contributed by atoms with Crippen LogP contribution in [0.15, 0.2) is 51.4 Å². The highest BCUT2D eigenvalue weighted by atomic mass is 16.1. The first kappa shape index (κ1) is 16.0. The van der Waals surface area contributed by atoms with Crippen LogP contribution in [0.5, 0.6) is 0 Å². The van der Waals surface area contributed by atoms with E-state index in [1.807, 2.05) is 18.2 Å². The second-order valence-electron chi connectivity index (χ2n) is 4.73. The van der Waals surface area contributed by atoms with E-state index in [4.69, 9.17) is 0 Å². The third kappa shape index (κ3) is 4.03. The summed E-state index contributed by atoms with van der Waals surface area (Å²) in [7, 11) is 0. The van der Waals surface area contributed by atoms with Crippen molar-refractivity contribution in [2.24, 2.45) is 15.0 Å². The van der Waals surface area contributed by atoms with Crippen molar-refractivity contribution in [2.75, 3.05) is 0 Å². The lowest BCUT2D eigenvalue weighted by molar-refractivity contribution is 0.564. The van der Waals surface area contributed by atoms with E-state index in [1.165, 1.54) is 18.2 Å². The van der Waals surface area contributed by atoms with Gasteiger partial charge < -0.3 is 0 Å². The van der Waals surface area contributed by atoms with Crippen molar-refractivity contribution < 1.29 is 14.4 Å². The normalized spacial score (nSPS) is 9.26. The fraction of sp³-hybridized carbons (Fsp3) is 0.118. The third-order valence-corrected chi connectivity index (χ3v) is 3.18. The summed E-state index contributed by atoms with van der Waals surface area (Å²) < 4.78 is 0. The van der Waals surface area contributed by atoms with Gasteiger partial charge in [-0.05, 0) is 48.2 Å². The molecule has 0 bridgehead atoms. The van der Waals surface area contributed by atoms with Crippen molar-refractivity contribution >= 4 is 35.3 Å². The lowest BCUT2D eigenvalue weighted by Crippen LogP contribution is -1.90. The van der Waals surface area contributed by atoms with Crippen molar-refractivity contribution in [1.82, 2.24) is 0 Å². The van der Waals surface area contributed by atoms with Gasteiger partial charge in [-0.1, -0.05) is 18.2 Å². The summed E-state index contributed by atoms with van der Waals surface area (Å²) in [4.78, 5) is 41.9. The van der Waals surface area contributed by atoms with Crippen molar-refractivity contribution in [3.05, 3.63) is 53.1 Å². The number of hydrogen-bond donors (Lipinski definition) is 0. The van der Waals surface area contributed by atoms with Gasteiger partial charge in [0.25, 0.3) is 0 Å². The summed E-state index contributed by atoms with van der Waals surface area (Å²) in [5.41, 5.74) is 3.71. The van der Waals surface area contributed by atoms with E-state index in [2.05, 4.69) is 15.0 Å². The molecule has 0 aliphatic rings. The molecule has 0 unspecified atom stereocenters. The third-order valence-electron chi connectivity index (χ3n) is 3.18. The molecule has 112 valence electrons. The molecule has 6 nitrogen and oxygen atoms in total. The minimum absolute atomic E-state index is 0.278. The van der Waals surface area contributed by atoms with Crippen LogP contribution >= 0.6 is 0 Å². The molecule has 0 amide bonds. The highest BCUT2D eigenvalue weighted by Crippen LogP contribution is 2.33. The standard InChI is InChI=1S/C17H11N3O3/c1-12-6-14(8-16(19-10-22)17(12)20-11-23)7-13-2-4-15(5-3-13)18-9-21/h2-6,8H,7H2,1H3. The lowest BCUT2D eigenvalue weighted by atomic mass is 10.0. The number of hydrogen-bond acceptors (Lipinski definition) is 6. The van der Waals surface area contributed by atoms with Gasteiger partial charge >= 0.3 is 0 Å². The topological polar surface area (TPSA) is 88.3 Å². The van der Waals surface area contributed by atoms with Crippen molar-refractivity contribution in [3.8, 4) is 0 Å². The number of benzene rings is 2. The number of isocyanates is 3. The van der Waals surface area contributed by atoms with Gasteiger partial charge in [-0.15, -0.1) is 0 Å². The minimum atomic E-state index is 0.278. The largest absolute Gasteiger partial charge is 0.240 e. The molecule has 0 atom stereocenters. The fourth-order valence-corrected chi connectivity index (χ4v) is 2.24. The van der Waals surface area contributed by atoms with Crippen LogP contribution in [0, 0.1) is 6.92 Å². The van der Waals surface area contributed by atoms with Crippen LogP contribution in [0.1, 0.15) is 16.7 Å². The number of aliphatic imine (C=N–C) groups is 3. The predicted molar refractivity (Wildman–Crippen MR) is 83.8 cm³/mol. The summed E-state index contributed by atoms with van der Waals surface area (Å²) in [6, 6.07) is 10.6. The first-order valence-electron chi connectivity index (χ1n) is 6.64. The molecule has 2 rings (SSSR count). The molecule has 0 spiro atoms. The van der Waals surface area contributed by atoms with Gasteiger partial charge in [0.1, 0.15) is 11.4 Å². The van der Waals surface area contributed by atoms with Gasteiger partial charge in [0.05, 0.1) is 5.69 Å². The minimum Gasteiger partial charge on any atom is -0.211 e. The maximum atomic E-state index is 10.5. The second kappa shape index (κ2) is 7.55. The van der Waals surface area contributed by atoms with E-state index in [9.17, 15) is 14.4 Å². The first-order chi connectivity index (χ1) is 11.2. The zero-order valence-electron chi connectivity index (χ0n) is 12.2. The molecule has 0 heterocycles. The van der Waals surface area contributed by atoms with Crippen molar-refractivity contribution in [1.29, 1.82) is 0 Å². The Balaban J connectivity index is 2.38. The average molecular weight is 305 g/mol. The quantitative estimate of drug-likeness (QED) is 0.625. The molecule has 6 heteroatoms. The van der Waals surface area contributed by atoms with Crippen LogP contribution in [0.2, 0.25) is 0 Å². The molecule has 0 aromatic heterocycles. The van der Waals surface area contributed by atoms with Gasteiger partial charge in [0.2, 0.25) is 18.2 Å². The van der Waals surface area contributed by atoms with Gasteiger partial charge in [0, 0.05) is 0 Å². The number of rotatable bonds is 5. The monoisotopic (exact) mass is 305 g/mol. The highest BCUT2D eigenvalue weighted by Gasteiger charge is 2.08. The number of aryl methyl sites for hydroxylation is 1. The Kier molecular flexibility index (Phi) is 5.24. The second-order valence-corrected chi connectivity index (χ2v) is 4.73. The van der Waals surface area contributed by atoms with Crippen molar-refractivity contribution in [2.45, 2.75) is 13.3 Å². The van der Waals surface area contributed by atoms with Crippen LogP contribution in [-0.4, -0.2) is 18.2 Å². The Morgan fingerprint density at radius 1 is 0.826 bits per heavy atom. The fourth-order valence-electron chi connectivity index (χ4n) is 2.24. The Morgan fingerprint density at radius 2 is 1.48 bits per heavy atom. The number of carbonyl (C=O) groups excluding carboxylic acids is 3. The predicted octanol–water partition coefficient (Wildman–Crippen LogP) is 3.49. The molecule has 2 aromatic rings. The van der Waals surface area contributed by atoms with Gasteiger partial charge in [-0.3, -0.25) is 0 Å². The SMILES string of the molecule is Cc1cc(Cc2ccc(N=C=O)cc2)cc(N=C=O)c1N=C=O. The first-order valence-corrected chi connectivity index (χ1v) is 6.64. The maximum absolute atomic E-state index is 10.5. The molecule has 0 saturated carbocycles. The molecule has 0 saturated heterocycles. The molecular weight excluding hydrogens is 294 g/mol. The molecular formula is C17H11N3O3. The Bertz CT molecular complexity index is 869. The van der Waals surface area contributed by atoms with E-state index in [0.29, 0.717) is 23.4 Å². The molecule has 0 aliphatic carbocycles. The Hall–Kier alpha value is -3.42. The summed E-state index contributed by atoms with van der Waals surface area (Å²) in [5, 5.41) is 0. The molecule has 0 aliphatic heterocycles.